The molecular formula is C13H9BrFIN2O. The van der Waals surface area contributed by atoms with E-state index >= 15 is 0 Å². The summed E-state index contributed by atoms with van der Waals surface area (Å²) in [5.74, 6) is 0.589. The second-order valence-electron chi connectivity index (χ2n) is 3.69. The maximum absolute atomic E-state index is 13.2. The highest BCUT2D eigenvalue weighted by Crippen LogP contribution is 2.29. The molecule has 2 rings (SSSR count). The molecule has 19 heavy (non-hydrogen) atoms. The predicted octanol–water partition coefficient (Wildman–Crippen LogP) is 4.22. The number of nitrogen functional groups attached to an aromatic ring is 1. The average Bonchev–Trinajstić information content (AvgIpc) is 2.36. The number of hydrogen-bond acceptors (Lipinski definition) is 3. The number of benzene rings is 1. The molecule has 0 radical (unpaired) electrons. The summed E-state index contributed by atoms with van der Waals surface area (Å²) in [5, 5.41) is 0. The largest absolute Gasteiger partial charge is 0.453 e. The highest BCUT2D eigenvalue weighted by Gasteiger charge is 2.10. The number of hydrogen-bond donors (Lipinski definition) is 1. The van der Waals surface area contributed by atoms with Gasteiger partial charge in [-0.1, -0.05) is 6.58 Å². The van der Waals surface area contributed by atoms with Gasteiger partial charge in [0.25, 0.3) is 0 Å². The summed E-state index contributed by atoms with van der Waals surface area (Å²) in [7, 11) is 0. The van der Waals surface area contributed by atoms with Crippen LogP contribution in [0.2, 0.25) is 0 Å². The molecule has 2 aromatic rings. The summed E-state index contributed by atoms with van der Waals surface area (Å²) in [6.45, 7) is 3.80. The Morgan fingerprint density at radius 2 is 2.16 bits per heavy atom. The molecule has 0 unspecified atom stereocenters. The third-order valence-corrected chi connectivity index (χ3v) is 3.68. The van der Waals surface area contributed by atoms with Gasteiger partial charge in [0.15, 0.2) is 11.6 Å². The first-order valence-electron chi connectivity index (χ1n) is 5.20. The summed E-state index contributed by atoms with van der Waals surface area (Å²) in [6.07, 6.45) is 1.57. The van der Waals surface area contributed by atoms with Gasteiger partial charge in [-0.25, -0.2) is 9.37 Å². The van der Waals surface area contributed by atoms with Gasteiger partial charge in [-0.15, -0.1) is 0 Å². The van der Waals surface area contributed by atoms with Crippen molar-refractivity contribution in [2.75, 3.05) is 5.73 Å². The minimum atomic E-state index is -0.347. The average molecular weight is 435 g/mol. The van der Waals surface area contributed by atoms with Gasteiger partial charge in [0.1, 0.15) is 11.6 Å². The van der Waals surface area contributed by atoms with E-state index in [2.05, 4.69) is 50.1 Å². The van der Waals surface area contributed by atoms with E-state index in [9.17, 15) is 4.39 Å². The Labute approximate surface area is 131 Å². The van der Waals surface area contributed by atoms with Crippen LogP contribution in [0.5, 0.6) is 5.75 Å². The van der Waals surface area contributed by atoms with Gasteiger partial charge < -0.3 is 10.5 Å². The number of pyridine rings is 1. The lowest BCUT2D eigenvalue weighted by atomic mass is 10.2. The molecule has 0 spiro atoms. The molecule has 1 heterocycles. The lowest BCUT2D eigenvalue weighted by Crippen LogP contribution is -2.01. The highest BCUT2D eigenvalue weighted by molar-refractivity contribution is 14.1. The van der Waals surface area contributed by atoms with Crippen LogP contribution >= 0.6 is 38.5 Å². The molecule has 0 saturated carbocycles. The smallest absolute Gasteiger partial charge is 0.170 e. The molecule has 0 aliphatic carbocycles. The first kappa shape index (κ1) is 14.3. The zero-order chi connectivity index (χ0) is 14.0. The number of nitrogens with two attached hydrogens (primary N) is 1. The topological polar surface area (TPSA) is 48.1 Å². The molecule has 3 nitrogen and oxygen atoms in total. The fourth-order valence-corrected chi connectivity index (χ4v) is 2.36. The summed E-state index contributed by atoms with van der Waals surface area (Å²) in [4.78, 5) is 3.95. The Balaban J connectivity index is 2.30. The minimum Gasteiger partial charge on any atom is -0.453 e. The summed E-state index contributed by atoms with van der Waals surface area (Å²) in [6, 6.07) is 6.08. The maximum Gasteiger partial charge on any atom is 0.170 e. The second kappa shape index (κ2) is 5.87. The Morgan fingerprint density at radius 1 is 1.42 bits per heavy atom. The minimum absolute atomic E-state index is 0.246. The molecule has 0 aliphatic rings. The van der Waals surface area contributed by atoms with Gasteiger partial charge >= 0.3 is 0 Å². The molecule has 0 bridgehead atoms. The zero-order valence-electron chi connectivity index (χ0n) is 9.66. The van der Waals surface area contributed by atoms with Crippen LogP contribution in [0.1, 0.15) is 5.56 Å². The molecule has 6 heteroatoms. The van der Waals surface area contributed by atoms with E-state index in [1.165, 1.54) is 12.1 Å². The summed E-state index contributed by atoms with van der Waals surface area (Å²) < 4.78 is 20.4. The van der Waals surface area contributed by atoms with Crippen molar-refractivity contribution in [3.05, 3.63) is 56.5 Å². The van der Waals surface area contributed by atoms with Gasteiger partial charge in [0, 0.05) is 25.9 Å². The van der Waals surface area contributed by atoms with Crippen LogP contribution in [0.25, 0.3) is 5.76 Å². The van der Waals surface area contributed by atoms with E-state index in [-0.39, 0.29) is 11.6 Å². The molecule has 0 saturated heterocycles. The Hall–Kier alpha value is -1.15. The molecule has 2 N–H and O–H groups in total. The summed E-state index contributed by atoms with van der Waals surface area (Å²) in [5.41, 5.74) is 6.29. The van der Waals surface area contributed by atoms with E-state index in [1.807, 2.05) is 0 Å². The second-order valence-corrected chi connectivity index (χ2v) is 5.76. The first-order chi connectivity index (χ1) is 8.97. The van der Waals surface area contributed by atoms with Crippen molar-refractivity contribution in [2.45, 2.75) is 0 Å². The third kappa shape index (κ3) is 3.44. The Kier molecular flexibility index (Phi) is 4.41. The van der Waals surface area contributed by atoms with Crippen molar-refractivity contribution in [3.63, 3.8) is 0 Å². The van der Waals surface area contributed by atoms with Crippen molar-refractivity contribution >= 4 is 50.1 Å². The van der Waals surface area contributed by atoms with Gasteiger partial charge in [-0.05, 0) is 56.7 Å². The molecule has 1 aromatic heterocycles. The van der Waals surface area contributed by atoms with E-state index in [0.717, 1.165) is 8.04 Å². The lowest BCUT2D eigenvalue weighted by molar-refractivity contribution is 0.515. The van der Waals surface area contributed by atoms with Crippen molar-refractivity contribution in [1.29, 1.82) is 0 Å². The molecule has 0 aliphatic heterocycles. The van der Waals surface area contributed by atoms with E-state index in [4.69, 9.17) is 10.5 Å². The van der Waals surface area contributed by atoms with Crippen LogP contribution < -0.4 is 10.5 Å². The Morgan fingerprint density at radius 3 is 2.89 bits per heavy atom. The summed E-state index contributed by atoms with van der Waals surface area (Å²) >= 11 is 5.37. The zero-order valence-corrected chi connectivity index (χ0v) is 13.4. The fourth-order valence-electron chi connectivity index (χ4n) is 1.41. The first-order valence-corrected chi connectivity index (χ1v) is 7.08. The van der Waals surface area contributed by atoms with Crippen LogP contribution in [0.4, 0.5) is 10.2 Å². The van der Waals surface area contributed by atoms with Crippen molar-refractivity contribution in [2.24, 2.45) is 0 Å². The molecule has 0 fully saturated rings. The van der Waals surface area contributed by atoms with Gasteiger partial charge in [0.05, 0.1) is 0 Å². The lowest BCUT2D eigenvalue weighted by Gasteiger charge is -2.12. The number of aromatic nitrogens is 1. The number of ether oxygens (including phenoxy) is 1. The van der Waals surface area contributed by atoms with Gasteiger partial charge in [-0.2, -0.15) is 0 Å². The molecular weight excluding hydrogens is 426 g/mol. The van der Waals surface area contributed by atoms with E-state index in [0.29, 0.717) is 17.1 Å². The predicted molar refractivity (Wildman–Crippen MR) is 85.1 cm³/mol. The van der Waals surface area contributed by atoms with Crippen LogP contribution in [-0.4, -0.2) is 4.98 Å². The van der Waals surface area contributed by atoms with Crippen LogP contribution in [-0.2, 0) is 0 Å². The fraction of sp³-hybridized carbons (Fsp3) is 0. The number of nitrogens with zero attached hydrogens (tertiary/aromatic N) is 1. The van der Waals surface area contributed by atoms with Gasteiger partial charge in [-0.3, -0.25) is 0 Å². The molecule has 0 amide bonds. The monoisotopic (exact) mass is 434 g/mol. The normalized spacial score (nSPS) is 10.3. The van der Waals surface area contributed by atoms with E-state index in [1.54, 1.807) is 18.3 Å². The standard InChI is InChI=1S/C13H9BrFIN2O/c1-7(10-5-9(15)2-3-11(10)16)19-12-4-8(14)6-18-13(12)17/h2-6H,1H2,(H2,17,18). The molecule has 98 valence electrons. The highest BCUT2D eigenvalue weighted by atomic mass is 127. The molecule has 0 atom stereocenters. The number of halogens is 3. The van der Waals surface area contributed by atoms with Crippen LogP contribution in [0.15, 0.2) is 41.5 Å². The maximum atomic E-state index is 13.2. The quantitative estimate of drug-likeness (QED) is 0.581. The van der Waals surface area contributed by atoms with E-state index < -0.39 is 0 Å². The molecule has 1 aromatic carbocycles. The van der Waals surface area contributed by atoms with Crippen LogP contribution in [0.3, 0.4) is 0 Å². The van der Waals surface area contributed by atoms with Crippen molar-refractivity contribution in [3.8, 4) is 5.75 Å². The SMILES string of the molecule is C=C(Oc1cc(Br)cnc1N)c1cc(F)ccc1I. The van der Waals surface area contributed by atoms with Gasteiger partial charge in [0.2, 0.25) is 0 Å². The van der Waals surface area contributed by atoms with Crippen LogP contribution in [0, 0.1) is 9.39 Å². The van der Waals surface area contributed by atoms with Crippen molar-refractivity contribution < 1.29 is 9.13 Å². The third-order valence-electron chi connectivity index (χ3n) is 2.31. The Bertz CT molecular complexity index is 649. The van der Waals surface area contributed by atoms with Crippen molar-refractivity contribution in [1.82, 2.24) is 4.98 Å². The number of rotatable bonds is 3. The number of anilines is 1.